The van der Waals surface area contributed by atoms with Crippen molar-refractivity contribution in [1.82, 2.24) is 4.98 Å². The molecule has 0 atom stereocenters. The lowest BCUT2D eigenvalue weighted by Gasteiger charge is -2.23. The fraction of sp³-hybridized carbons (Fsp3) is 0.455. The Balaban J connectivity index is 2.16. The Bertz CT molecular complexity index is 412. The summed E-state index contributed by atoms with van der Waals surface area (Å²) in [6.45, 7) is 5.65. The summed E-state index contributed by atoms with van der Waals surface area (Å²) in [6.07, 6.45) is 2.79. The van der Waals surface area contributed by atoms with Gasteiger partial charge >= 0.3 is 6.09 Å². The molecule has 1 aliphatic rings. The third kappa shape index (κ3) is 2.08. The number of carbonyl (C=O) groups is 1. The first-order valence-corrected chi connectivity index (χ1v) is 5.05. The lowest BCUT2D eigenvalue weighted by atomic mass is 10.2. The van der Waals surface area contributed by atoms with Crippen LogP contribution in [0.15, 0.2) is 18.5 Å². The van der Waals surface area contributed by atoms with E-state index < -0.39 is 11.7 Å². The van der Waals surface area contributed by atoms with Crippen LogP contribution in [0.1, 0.15) is 20.8 Å². The smallest absolute Gasteiger partial charge is 0.417 e. The molecule has 0 fully saturated rings. The van der Waals surface area contributed by atoms with E-state index in [2.05, 4.69) is 4.98 Å². The molecule has 86 valence electrons. The third-order valence-corrected chi connectivity index (χ3v) is 2.02. The summed E-state index contributed by atoms with van der Waals surface area (Å²) in [5.74, 6) is 0.654. The van der Waals surface area contributed by atoms with E-state index in [-0.39, 0.29) is 6.73 Å². The Morgan fingerprint density at radius 3 is 3.00 bits per heavy atom. The normalized spacial score (nSPS) is 14.3. The van der Waals surface area contributed by atoms with Crippen LogP contribution < -0.4 is 9.64 Å². The van der Waals surface area contributed by atoms with Gasteiger partial charge in [0.2, 0.25) is 0 Å². The van der Waals surface area contributed by atoms with Crippen molar-refractivity contribution < 1.29 is 14.3 Å². The Morgan fingerprint density at radius 1 is 1.56 bits per heavy atom. The van der Waals surface area contributed by atoms with Gasteiger partial charge in [0.25, 0.3) is 0 Å². The summed E-state index contributed by atoms with van der Waals surface area (Å²) in [6, 6.07) is 1.72. The van der Waals surface area contributed by atoms with Gasteiger partial charge in [-0.25, -0.2) is 9.69 Å². The van der Waals surface area contributed by atoms with Crippen LogP contribution in [-0.2, 0) is 4.74 Å². The van der Waals surface area contributed by atoms with E-state index in [1.807, 2.05) is 20.8 Å². The zero-order valence-electron chi connectivity index (χ0n) is 9.56. The van der Waals surface area contributed by atoms with Gasteiger partial charge in [-0.3, -0.25) is 4.98 Å². The minimum atomic E-state index is -0.512. The molecule has 0 radical (unpaired) electrons. The number of hydrogen-bond donors (Lipinski definition) is 0. The van der Waals surface area contributed by atoms with Crippen molar-refractivity contribution in [3.63, 3.8) is 0 Å². The maximum Gasteiger partial charge on any atom is 0.417 e. The van der Waals surface area contributed by atoms with E-state index in [1.165, 1.54) is 4.90 Å². The number of pyridine rings is 1. The van der Waals surface area contributed by atoms with Crippen LogP contribution >= 0.6 is 0 Å². The Hall–Kier alpha value is -1.78. The summed E-state index contributed by atoms with van der Waals surface area (Å²) in [5.41, 5.74) is 0.138. The summed E-state index contributed by atoms with van der Waals surface area (Å²) < 4.78 is 10.6. The van der Waals surface area contributed by atoms with Crippen molar-refractivity contribution in [2.24, 2.45) is 0 Å². The molecule has 2 heterocycles. The maximum absolute atomic E-state index is 11.8. The Kier molecular flexibility index (Phi) is 2.46. The van der Waals surface area contributed by atoms with Crippen molar-refractivity contribution in [2.45, 2.75) is 26.4 Å². The molecule has 1 aliphatic heterocycles. The number of rotatable bonds is 0. The van der Waals surface area contributed by atoms with Crippen molar-refractivity contribution in [3.8, 4) is 5.75 Å². The van der Waals surface area contributed by atoms with Gasteiger partial charge in [-0.1, -0.05) is 0 Å². The van der Waals surface area contributed by atoms with Gasteiger partial charge in [0.1, 0.15) is 17.0 Å². The average Bonchev–Trinajstić information content (AvgIpc) is 2.58. The molecule has 2 rings (SSSR count). The lowest BCUT2D eigenvalue weighted by molar-refractivity contribution is 0.0566. The molecule has 0 saturated heterocycles. The number of fused-ring (bicyclic) bond motifs is 1. The molecule has 0 spiro atoms. The molecule has 0 aliphatic carbocycles. The molecular formula is C11H14N2O3. The monoisotopic (exact) mass is 222 g/mol. The number of anilines is 1. The zero-order chi connectivity index (χ0) is 11.8. The van der Waals surface area contributed by atoms with E-state index in [1.54, 1.807) is 18.5 Å². The van der Waals surface area contributed by atoms with E-state index >= 15 is 0 Å². The quantitative estimate of drug-likeness (QED) is 0.675. The van der Waals surface area contributed by atoms with Crippen LogP contribution in [0.2, 0.25) is 0 Å². The molecule has 1 amide bonds. The minimum absolute atomic E-state index is 0.177. The van der Waals surface area contributed by atoms with Crippen molar-refractivity contribution in [1.29, 1.82) is 0 Å². The molecule has 0 unspecified atom stereocenters. The summed E-state index contributed by atoms with van der Waals surface area (Å²) in [7, 11) is 0. The molecule has 16 heavy (non-hydrogen) atoms. The molecule has 0 bridgehead atoms. The second-order valence-corrected chi connectivity index (χ2v) is 4.53. The Labute approximate surface area is 94.0 Å². The standard InChI is InChI=1S/C11H14N2O3/c1-11(2,3)16-10(14)13-7-15-9-4-5-12-6-8(9)13/h4-6H,7H2,1-3H3. The highest BCUT2D eigenvalue weighted by Crippen LogP contribution is 2.33. The first-order chi connectivity index (χ1) is 7.47. The topological polar surface area (TPSA) is 51.7 Å². The molecule has 1 aromatic rings. The highest BCUT2D eigenvalue weighted by molar-refractivity contribution is 5.90. The molecule has 0 aromatic carbocycles. The molecule has 5 heteroatoms. The second-order valence-electron chi connectivity index (χ2n) is 4.53. The van der Waals surface area contributed by atoms with Gasteiger partial charge in [0, 0.05) is 12.3 Å². The second kappa shape index (κ2) is 3.66. The largest absolute Gasteiger partial charge is 0.470 e. The van der Waals surface area contributed by atoms with E-state index in [0.29, 0.717) is 11.4 Å². The molecule has 1 aromatic heterocycles. The van der Waals surface area contributed by atoms with Crippen LogP contribution in [-0.4, -0.2) is 23.4 Å². The van der Waals surface area contributed by atoms with Crippen LogP contribution in [0.25, 0.3) is 0 Å². The number of nitrogens with zero attached hydrogens (tertiary/aromatic N) is 2. The van der Waals surface area contributed by atoms with Crippen molar-refractivity contribution >= 4 is 11.8 Å². The first-order valence-electron chi connectivity index (χ1n) is 5.05. The van der Waals surface area contributed by atoms with Gasteiger partial charge < -0.3 is 9.47 Å². The van der Waals surface area contributed by atoms with E-state index in [9.17, 15) is 4.79 Å². The number of aromatic nitrogens is 1. The molecular weight excluding hydrogens is 208 g/mol. The zero-order valence-corrected chi connectivity index (χ0v) is 9.56. The summed E-state index contributed by atoms with van der Waals surface area (Å²) in [5, 5.41) is 0. The van der Waals surface area contributed by atoms with E-state index in [4.69, 9.17) is 9.47 Å². The number of hydrogen-bond acceptors (Lipinski definition) is 4. The summed E-state index contributed by atoms with van der Waals surface area (Å²) in [4.78, 5) is 17.2. The average molecular weight is 222 g/mol. The van der Waals surface area contributed by atoms with Gasteiger partial charge in [0.05, 0.1) is 6.20 Å². The molecule has 0 saturated carbocycles. The predicted molar refractivity (Wildman–Crippen MR) is 58.4 cm³/mol. The summed E-state index contributed by atoms with van der Waals surface area (Å²) >= 11 is 0. The van der Waals surface area contributed by atoms with Crippen LogP contribution in [0.5, 0.6) is 5.75 Å². The fourth-order valence-corrected chi connectivity index (χ4v) is 1.37. The van der Waals surface area contributed by atoms with Gasteiger partial charge in [0.15, 0.2) is 6.73 Å². The van der Waals surface area contributed by atoms with Crippen LogP contribution in [0.3, 0.4) is 0 Å². The molecule has 0 N–H and O–H groups in total. The molecule has 5 nitrogen and oxygen atoms in total. The van der Waals surface area contributed by atoms with Crippen LogP contribution in [0.4, 0.5) is 10.5 Å². The van der Waals surface area contributed by atoms with Crippen LogP contribution in [0, 0.1) is 0 Å². The number of ether oxygens (including phenoxy) is 2. The predicted octanol–water partition coefficient (Wildman–Crippen LogP) is 2.17. The van der Waals surface area contributed by atoms with Crippen molar-refractivity contribution in [2.75, 3.05) is 11.6 Å². The lowest BCUT2D eigenvalue weighted by Crippen LogP contribution is -2.36. The Morgan fingerprint density at radius 2 is 2.31 bits per heavy atom. The fourth-order valence-electron chi connectivity index (χ4n) is 1.37. The maximum atomic E-state index is 11.8. The van der Waals surface area contributed by atoms with E-state index in [0.717, 1.165) is 0 Å². The highest BCUT2D eigenvalue weighted by atomic mass is 16.6. The first kappa shape index (κ1) is 10.7. The van der Waals surface area contributed by atoms with Crippen molar-refractivity contribution in [3.05, 3.63) is 18.5 Å². The SMILES string of the molecule is CC(C)(C)OC(=O)N1COc2ccncc21. The minimum Gasteiger partial charge on any atom is -0.470 e. The highest BCUT2D eigenvalue weighted by Gasteiger charge is 2.30. The van der Waals surface area contributed by atoms with Gasteiger partial charge in [-0.15, -0.1) is 0 Å². The third-order valence-electron chi connectivity index (χ3n) is 2.02. The number of carbonyl (C=O) groups excluding carboxylic acids is 1. The number of amides is 1. The van der Waals surface area contributed by atoms with Gasteiger partial charge in [-0.2, -0.15) is 0 Å². The van der Waals surface area contributed by atoms with Gasteiger partial charge in [-0.05, 0) is 20.8 Å².